The van der Waals surface area contributed by atoms with Gasteiger partial charge in [0.2, 0.25) is 0 Å². The molecule has 0 bridgehead atoms. The number of unbranched alkanes of at least 4 members (excludes halogenated alkanes) is 1. The zero-order chi connectivity index (χ0) is 13.3. The number of benzene rings is 2. The molecule has 0 atom stereocenters. The maximum atomic E-state index is 5.64. The third-order valence-corrected chi connectivity index (χ3v) is 3.16. The summed E-state index contributed by atoms with van der Waals surface area (Å²) in [6, 6.07) is 17.8. The molecule has 0 aliphatic carbocycles. The highest BCUT2D eigenvalue weighted by atomic mass is 79.9. The molecular weight excluding hydrogens is 304 g/mol. The van der Waals surface area contributed by atoms with Crippen molar-refractivity contribution in [3.63, 3.8) is 0 Å². The van der Waals surface area contributed by atoms with Crippen molar-refractivity contribution in [3.05, 3.63) is 59.1 Å². The molecule has 0 amide bonds. The summed E-state index contributed by atoms with van der Waals surface area (Å²) in [7, 11) is 0. The van der Waals surface area contributed by atoms with Crippen LogP contribution < -0.4 is 9.47 Å². The monoisotopic (exact) mass is 320 g/mol. The van der Waals surface area contributed by atoms with E-state index in [0.29, 0.717) is 0 Å². The van der Waals surface area contributed by atoms with Gasteiger partial charge in [-0.05, 0) is 49.2 Å². The van der Waals surface area contributed by atoms with Gasteiger partial charge in [-0.1, -0.05) is 34.1 Å². The summed E-state index contributed by atoms with van der Waals surface area (Å²) in [5.74, 6) is 1.84. The van der Waals surface area contributed by atoms with Crippen LogP contribution in [0.2, 0.25) is 0 Å². The molecule has 3 heteroatoms. The molecule has 0 saturated heterocycles. The molecule has 19 heavy (non-hydrogen) atoms. The van der Waals surface area contributed by atoms with Crippen LogP contribution in [-0.4, -0.2) is 13.2 Å². The third-order valence-electron chi connectivity index (χ3n) is 2.63. The minimum absolute atomic E-state index is 0.722. The summed E-state index contributed by atoms with van der Waals surface area (Å²) in [6.45, 7) is 1.45. The van der Waals surface area contributed by atoms with Gasteiger partial charge in [0, 0.05) is 4.47 Å². The molecule has 0 fully saturated rings. The van der Waals surface area contributed by atoms with E-state index in [1.807, 2.05) is 54.6 Å². The predicted octanol–water partition coefficient (Wildman–Crippen LogP) is 4.69. The van der Waals surface area contributed by atoms with Crippen LogP contribution in [0.4, 0.5) is 0 Å². The van der Waals surface area contributed by atoms with E-state index >= 15 is 0 Å². The quantitative estimate of drug-likeness (QED) is 0.689. The molecule has 0 radical (unpaired) electrons. The second kappa shape index (κ2) is 7.85. The Morgan fingerprint density at radius 2 is 1.21 bits per heavy atom. The molecule has 2 rings (SSSR count). The van der Waals surface area contributed by atoms with Gasteiger partial charge >= 0.3 is 0 Å². The van der Waals surface area contributed by atoms with Gasteiger partial charge in [0.25, 0.3) is 0 Å². The van der Waals surface area contributed by atoms with E-state index in [-0.39, 0.29) is 0 Å². The molecule has 0 spiro atoms. The summed E-state index contributed by atoms with van der Waals surface area (Å²) in [5.41, 5.74) is 0. The van der Waals surface area contributed by atoms with Crippen LogP contribution in [0.5, 0.6) is 11.5 Å². The fraction of sp³-hybridized carbons (Fsp3) is 0.250. The minimum Gasteiger partial charge on any atom is -0.494 e. The Morgan fingerprint density at radius 3 is 1.79 bits per heavy atom. The predicted molar refractivity (Wildman–Crippen MR) is 80.8 cm³/mol. The first-order valence-electron chi connectivity index (χ1n) is 6.41. The Hall–Kier alpha value is -1.48. The van der Waals surface area contributed by atoms with Gasteiger partial charge in [-0.25, -0.2) is 0 Å². The van der Waals surface area contributed by atoms with Crippen molar-refractivity contribution in [2.24, 2.45) is 0 Å². The van der Waals surface area contributed by atoms with Crippen molar-refractivity contribution in [1.82, 2.24) is 0 Å². The van der Waals surface area contributed by atoms with Crippen LogP contribution >= 0.6 is 15.9 Å². The second-order valence-electron chi connectivity index (χ2n) is 4.17. The Balaban J connectivity index is 1.56. The van der Waals surface area contributed by atoms with Crippen molar-refractivity contribution in [3.8, 4) is 11.5 Å². The molecule has 2 aromatic rings. The molecule has 100 valence electrons. The van der Waals surface area contributed by atoms with Crippen LogP contribution in [-0.2, 0) is 0 Å². The SMILES string of the molecule is Brc1ccc(OCCCCOc2ccccc2)cc1. The summed E-state index contributed by atoms with van der Waals surface area (Å²) in [6.07, 6.45) is 1.98. The largest absolute Gasteiger partial charge is 0.494 e. The van der Waals surface area contributed by atoms with Crippen molar-refractivity contribution in [1.29, 1.82) is 0 Å². The maximum Gasteiger partial charge on any atom is 0.119 e. The van der Waals surface area contributed by atoms with Crippen LogP contribution in [0, 0.1) is 0 Å². The molecule has 0 N–H and O–H groups in total. The van der Waals surface area contributed by atoms with Crippen LogP contribution in [0.25, 0.3) is 0 Å². The molecule has 2 aromatic carbocycles. The summed E-state index contributed by atoms with van der Waals surface area (Å²) >= 11 is 3.40. The number of ether oxygens (including phenoxy) is 2. The number of rotatable bonds is 7. The zero-order valence-electron chi connectivity index (χ0n) is 10.7. The van der Waals surface area contributed by atoms with Gasteiger partial charge in [-0.2, -0.15) is 0 Å². The first kappa shape index (κ1) is 13.9. The Kier molecular flexibility index (Phi) is 5.76. The van der Waals surface area contributed by atoms with E-state index in [0.717, 1.165) is 42.0 Å². The van der Waals surface area contributed by atoms with Crippen molar-refractivity contribution >= 4 is 15.9 Å². The number of hydrogen-bond donors (Lipinski definition) is 0. The van der Waals surface area contributed by atoms with E-state index < -0.39 is 0 Å². The van der Waals surface area contributed by atoms with Crippen molar-refractivity contribution in [2.45, 2.75) is 12.8 Å². The third kappa shape index (κ3) is 5.35. The van der Waals surface area contributed by atoms with Crippen LogP contribution in [0.15, 0.2) is 59.1 Å². The summed E-state index contributed by atoms with van der Waals surface area (Å²) in [5, 5.41) is 0. The van der Waals surface area contributed by atoms with Crippen molar-refractivity contribution in [2.75, 3.05) is 13.2 Å². The smallest absolute Gasteiger partial charge is 0.119 e. The first-order valence-corrected chi connectivity index (χ1v) is 7.20. The molecule has 0 unspecified atom stereocenters. The molecule has 0 aliphatic rings. The second-order valence-corrected chi connectivity index (χ2v) is 5.09. The Morgan fingerprint density at radius 1 is 0.684 bits per heavy atom. The Labute approximate surface area is 122 Å². The number of hydrogen-bond acceptors (Lipinski definition) is 2. The van der Waals surface area contributed by atoms with E-state index in [1.54, 1.807) is 0 Å². The maximum absolute atomic E-state index is 5.64. The average molecular weight is 321 g/mol. The highest BCUT2D eigenvalue weighted by molar-refractivity contribution is 9.10. The number of para-hydroxylation sites is 1. The lowest BCUT2D eigenvalue weighted by Gasteiger charge is -2.07. The van der Waals surface area contributed by atoms with Gasteiger partial charge in [-0.15, -0.1) is 0 Å². The fourth-order valence-electron chi connectivity index (χ4n) is 1.63. The van der Waals surface area contributed by atoms with Gasteiger partial charge in [-0.3, -0.25) is 0 Å². The Bertz CT molecular complexity index is 468. The molecular formula is C16H17BrO2. The molecule has 0 heterocycles. The van der Waals surface area contributed by atoms with E-state index in [4.69, 9.17) is 9.47 Å². The minimum atomic E-state index is 0.722. The first-order chi connectivity index (χ1) is 9.34. The van der Waals surface area contributed by atoms with E-state index in [2.05, 4.69) is 15.9 Å². The zero-order valence-corrected chi connectivity index (χ0v) is 12.3. The molecule has 0 aliphatic heterocycles. The standard InChI is InChI=1S/C16H17BrO2/c17-14-8-10-16(11-9-14)19-13-5-4-12-18-15-6-2-1-3-7-15/h1-3,6-11H,4-5,12-13H2. The molecule has 0 saturated carbocycles. The highest BCUT2D eigenvalue weighted by Gasteiger charge is 1.95. The van der Waals surface area contributed by atoms with E-state index in [1.165, 1.54) is 0 Å². The summed E-state index contributed by atoms with van der Waals surface area (Å²) in [4.78, 5) is 0. The fourth-order valence-corrected chi connectivity index (χ4v) is 1.90. The lowest BCUT2D eigenvalue weighted by molar-refractivity contribution is 0.266. The van der Waals surface area contributed by atoms with Gasteiger partial charge in [0.1, 0.15) is 11.5 Å². The van der Waals surface area contributed by atoms with E-state index in [9.17, 15) is 0 Å². The molecule has 2 nitrogen and oxygen atoms in total. The lowest BCUT2D eigenvalue weighted by Crippen LogP contribution is -2.02. The summed E-state index contributed by atoms with van der Waals surface area (Å²) < 4.78 is 12.3. The lowest BCUT2D eigenvalue weighted by atomic mass is 10.3. The average Bonchev–Trinajstić information content (AvgIpc) is 2.46. The number of halogens is 1. The van der Waals surface area contributed by atoms with Gasteiger partial charge in [0.15, 0.2) is 0 Å². The van der Waals surface area contributed by atoms with Crippen molar-refractivity contribution < 1.29 is 9.47 Å². The van der Waals surface area contributed by atoms with Crippen LogP contribution in [0.1, 0.15) is 12.8 Å². The normalized spacial score (nSPS) is 10.2. The highest BCUT2D eigenvalue weighted by Crippen LogP contribution is 2.16. The van der Waals surface area contributed by atoms with Crippen LogP contribution in [0.3, 0.4) is 0 Å². The molecule has 0 aromatic heterocycles. The van der Waals surface area contributed by atoms with Gasteiger partial charge in [0.05, 0.1) is 13.2 Å². The van der Waals surface area contributed by atoms with Gasteiger partial charge < -0.3 is 9.47 Å². The topological polar surface area (TPSA) is 18.5 Å².